The van der Waals surface area contributed by atoms with Crippen molar-refractivity contribution in [3.8, 4) is 0 Å². The fourth-order valence-corrected chi connectivity index (χ4v) is 1.16. The quantitative estimate of drug-likeness (QED) is 0.587. The highest BCUT2D eigenvalue weighted by Crippen LogP contribution is 2.14. The maximum atomic E-state index is 4.14. The third-order valence-electron chi connectivity index (χ3n) is 0.998. The summed E-state index contributed by atoms with van der Waals surface area (Å²) in [6.45, 7) is 3.70. The van der Waals surface area contributed by atoms with Gasteiger partial charge in [0.2, 0.25) is 0 Å². The van der Waals surface area contributed by atoms with Crippen molar-refractivity contribution in [2.75, 3.05) is 19.0 Å². The van der Waals surface area contributed by atoms with Gasteiger partial charge in [0.25, 0.3) is 0 Å². The highest BCUT2D eigenvalue weighted by Gasteiger charge is 1.96. The molecule has 0 saturated carbocycles. The number of rotatable bonds is 1. The smallest absolute Gasteiger partial charge is 0.139 e. The number of hydrogen-bond acceptors (Lipinski definition) is 3. The maximum absolute atomic E-state index is 4.14. The molecule has 9 heavy (non-hydrogen) atoms. The van der Waals surface area contributed by atoms with Gasteiger partial charge in [-0.3, -0.25) is 0 Å². The Morgan fingerprint density at radius 2 is 2.33 bits per heavy atom. The number of anilines is 1. The van der Waals surface area contributed by atoms with E-state index in [-0.39, 0.29) is 0 Å². The van der Waals surface area contributed by atoms with Crippen molar-refractivity contribution in [2.24, 2.45) is 0 Å². The third kappa shape index (κ3) is 1.42. The van der Waals surface area contributed by atoms with Crippen LogP contribution in [0.25, 0.3) is 0 Å². The van der Waals surface area contributed by atoms with Gasteiger partial charge in [0.05, 0.1) is 5.01 Å². The zero-order valence-corrected chi connectivity index (χ0v) is 6.40. The number of nitrogens with zero attached hydrogens (tertiary/aromatic N) is 2. The molecular weight excluding hydrogens is 132 g/mol. The van der Waals surface area contributed by atoms with Crippen molar-refractivity contribution in [1.82, 2.24) is 4.98 Å². The topological polar surface area (TPSA) is 16.1 Å². The van der Waals surface area contributed by atoms with E-state index in [1.165, 1.54) is 0 Å². The summed E-state index contributed by atoms with van der Waals surface area (Å²) in [5.74, 6) is 0.991. The Kier molecular flexibility index (Phi) is 1.71. The first-order valence-corrected chi connectivity index (χ1v) is 3.53. The molecule has 3 heteroatoms. The molecule has 1 heterocycles. The van der Waals surface area contributed by atoms with Crippen LogP contribution in [0.5, 0.6) is 0 Å². The summed E-state index contributed by atoms with van der Waals surface area (Å²) in [4.78, 5) is 6.11. The first kappa shape index (κ1) is 6.55. The van der Waals surface area contributed by atoms with Gasteiger partial charge < -0.3 is 4.90 Å². The van der Waals surface area contributed by atoms with Crippen molar-refractivity contribution in [3.63, 3.8) is 0 Å². The normalized spacial score (nSPS) is 9.67. The summed E-state index contributed by atoms with van der Waals surface area (Å²) in [5, 5.41) is 2.86. The molecule has 2 nitrogen and oxygen atoms in total. The predicted octanol–water partition coefficient (Wildman–Crippen LogP) is 1.39. The van der Waals surface area contributed by atoms with Crippen LogP contribution < -0.4 is 4.90 Å². The van der Waals surface area contributed by atoms with Crippen LogP contribution >= 0.6 is 11.3 Å². The van der Waals surface area contributed by atoms with E-state index in [9.17, 15) is 0 Å². The van der Waals surface area contributed by atoms with Gasteiger partial charge in [-0.1, -0.05) is 0 Å². The summed E-state index contributed by atoms with van der Waals surface area (Å²) in [6, 6.07) is 0. The molecule has 0 bridgehead atoms. The van der Waals surface area contributed by atoms with Crippen LogP contribution in [0.4, 0.5) is 5.82 Å². The van der Waals surface area contributed by atoms with E-state index in [2.05, 4.69) is 11.9 Å². The molecule has 0 aromatic carbocycles. The van der Waals surface area contributed by atoms with Gasteiger partial charge in [-0.05, 0) is 0 Å². The third-order valence-corrected chi connectivity index (χ3v) is 1.69. The van der Waals surface area contributed by atoms with E-state index in [0.29, 0.717) is 0 Å². The van der Waals surface area contributed by atoms with Crippen LogP contribution in [-0.2, 0) is 0 Å². The van der Waals surface area contributed by atoms with E-state index in [1.807, 2.05) is 24.4 Å². The molecule has 0 unspecified atom stereocenters. The van der Waals surface area contributed by atoms with Gasteiger partial charge in [0, 0.05) is 26.4 Å². The van der Waals surface area contributed by atoms with Gasteiger partial charge in [0.1, 0.15) is 5.82 Å². The Morgan fingerprint density at radius 3 is 2.56 bits per heavy atom. The van der Waals surface area contributed by atoms with E-state index < -0.39 is 0 Å². The first-order valence-electron chi connectivity index (χ1n) is 2.65. The van der Waals surface area contributed by atoms with E-state index in [4.69, 9.17) is 0 Å². The highest BCUT2D eigenvalue weighted by molar-refractivity contribution is 7.10. The molecule has 1 rings (SSSR count). The summed E-state index contributed by atoms with van der Waals surface area (Å²) < 4.78 is 0. The van der Waals surface area contributed by atoms with Crippen molar-refractivity contribution in [3.05, 3.63) is 17.3 Å². The molecule has 0 aliphatic heterocycles. The van der Waals surface area contributed by atoms with Crippen LogP contribution in [0.2, 0.25) is 0 Å². The summed E-state index contributed by atoms with van der Waals surface area (Å²) >= 11 is 1.57. The average molecular weight is 141 g/mol. The van der Waals surface area contributed by atoms with Crippen LogP contribution in [-0.4, -0.2) is 19.1 Å². The summed E-state index contributed by atoms with van der Waals surface area (Å²) in [5.41, 5.74) is 0. The molecule has 0 saturated heterocycles. The molecule has 0 spiro atoms. The molecule has 0 aliphatic rings. The molecule has 0 fully saturated rings. The highest BCUT2D eigenvalue weighted by atomic mass is 32.1. The Balaban J connectivity index is 2.85. The monoisotopic (exact) mass is 141 g/mol. The second-order valence-corrected chi connectivity index (χ2v) is 2.94. The van der Waals surface area contributed by atoms with Crippen LogP contribution in [0, 0.1) is 6.92 Å². The average Bonchev–Trinajstić information content (AvgIpc) is 2.14. The minimum Gasteiger partial charge on any atom is -0.362 e. The molecule has 1 aromatic heterocycles. The Hall–Kier alpha value is -0.570. The fourth-order valence-electron chi connectivity index (χ4n) is 0.507. The molecule has 0 aliphatic carbocycles. The maximum Gasteiger partial charge on any atom is 0.139 e. The van der Waals surface area contributed by atoms with E-state index in [1.54, 1.807) is 11.3 Å². The number of hydrogen-bond donors (Lipinski definition) is 0. The fraction of sp³-hybridized carbons (Fsp3) is 0.333. The van der Waals surface area contributed by atoms with E-state index >= 15 is 0 Å². The SMILES string of the molecule is [CH2]c1nc(N(C)C)cs1. The molecule has 1 radical (unpaired) electrons. The minimum absolute atomic E-state index is 0.874. The molecule has 1 aromatic rings. The van der Waals surface area contributed by atoms with E-state index in [0.717, 1.165) is 10.8 Å². The largest absolute Gasteiger partial charge is 0.362 e. The Morgan fingerprint density at radius 1 is 1.67 bits per heavy atom. The zero-order chi connectivity index (χ0) is 6.85. The van der Waals surface area contributed by atoms with Crippen molar-refractivity contribution in [1.29, 1.82) is 0 Å². The van der Waals surface area contributed by atoms with Gasteiger partial charge in [-0.2, -0.15) is 0 Å². The lowest BCUT2D eigenvalue weighted by Crippen LogP contribution is -2.08. The molecule has 0 N–H and O–H groups in total. The van der Waals surface area contributed by atoms with Crippen LogP contribution in [0.1, 0.15) is 5.01 Å². The molecule has 0 atom stereocenters. The van der Waals surface area contributed by atoms with Crippen LogP contribution in [0.15, 0.2) is 5.38 Å². The summed E-state index contributed by atoms with van der Waals surface area (Å²) in [6.07, 6.45) is 0. The summed E-state index contributed by atoms with van der Waals surface area (Å²) in [7, 11) is 3.93. The van der Waals surface area contributed by atoms with Crippen molar-refractivity contribution < 1.29 is 0 Å². The lowest BCUT2D eigenvalue weighted by atomic mass is 10.7. The number of aromatic nitrogens is 1. The molecule has 0 amide bonds. The van der Waals surface area contributed by atoms with Gasteiger partial charge in [-0.25, -0.2) is 4.98 Å². The minimum atomic E-state index is 0.874. The number of thiazole rings is 1. The molecule has 49 valence electrons. The molecular formula is C6H9N2S. The predicted molar refractivity (Wildman–Crippen MR) is 40.9 cm³/mol. The Labute approximate surface area is 59.1 Å². The second kappa shape index (κ2) is 2.35. The van der Waals surface area contributed by atoms with Crippen molar-refractivity contribution >= 4 is 17.2 Å². The lowest BCUT2D eigenvalue weighted by molar-refractivity contribution is 1.08. The first-order chi connectivity index (χ1) is 4.20. The van der Waals surface area contributed by atoms with Gasteiger partial charge in [-0.15, -0.1) is 11.3 Å². The second-order valence-electron chi connectivity index (χ2n) is 1.99. The van der Waals surface area contributed by atoms with Crippen molar-refractivity contribution in [2.45, 2.75) is 0 Å². The zero-order valence-electron chi connectivity index (χ0n) is 5.59. The standard InChI is InChI=1S/C6H9N2S/c1-5-7-6(4-9-5)8(2)3/h4H,1H2,2-3H3. The van der Waals surface area contributed by atoms with Gasteiger partial charge >= 0.3 is 0 Å². The van der Waals surface area contributed by atoms with Gasteiger partial charge in [0.15, 0.2) is 0 Å². The lowest BCUT2D eigenvalue weighted by Gasteiger charge is -2.05. The van der Waals surface area contributed by atoms with Crippen LogP contribution in [0.3, 0.4) is 0 Å². The Bertz CT molecular complexity index is 193.